The fourth-order valence-corrected chi connectivity index (χ4v) is 2.77. The van der Waals surface area contributed by atoms with E-state index < -0.39 is 0 Å². The van der Waals surface area contributed by atoms with Crippen molar-refractivity contribution in [2.24, 2.45) is 5.92 Å². The molecule has 1 saturated heterocycles. The fourth-order valence-electron chi connectivity index (χ4n) is 2.77. The Labute approximate surface area is 103 Å². The average Bonchev–Trinajstić information content (AvgIpc) is 2.68. The topological polar surface area (TPSA) is 28.2 Å². The van der Waals surface area contributed by atoms with E-state index in [1.165, 1.54) is 50.0 Å². The lowest BCUT2D eigenvalue weighted by Gasteiger charge is -2.27. The Hall–Kier alpha value is -0.930. The van der Waals surface area contributed by atoms with Crippen LogP contribution < -0.4 is 5.32 Å². The molecular formula is C14H21N3. The maximum absolute atomic E-state index is 4.20. The minimum Gasteiger partial charge on any atom is -0.316 e. The summed E-state index contributed by atoms with van der Waals surface area (Å²) in [6.45, 7) is 5.98. The van der Waals surface area contributed by atoms with Crippen LogP contribution in [0.4, 0.5) is 0 Å². The largest absolute Gasteiger partial charge is 0.316 e. The van der Waals surface area contributed by atoms with E-state index in [2.05, 4.69) is 21.3 Å². The van der Waals surface area contributed by atoms with Crippen molar-refractivity contribution in [1.29, 1.82) is 0 Å². The van der Waals surface area contributed by atoms with Gasteiger partial charge in [-0.05, 0) is 55.6 Å². The number of aromatic nitrogens is 1. The van der Waals surface area contributed by atoms with Gasteiger partial charge in [-0.3, -0.25) is 9.88 Å². The molecule has 3 heteroatoms. The molecule has 3 heterocycles. The lowest BCUT2D eigenvalue weighted by molar-refractivity contribution is 0.263. The molecule has 0 unspecified atom stereocenters. The summed E-state index contributed by atoms with van der Waals surface area (Å²) in [5.74, 6) is 0.968. The van der Waals surface area contributed by atoms with Crippen LogP contribution in [0.25, 0.3) is 0 Å². The number of hydrogen-bond donors (Lipinski definition) is 1. The van der Waals surface area contributed by atoms with Gasteiger partial charge in [0.15, 0.2) is 0 Å². The standard InChI is InChI=1S/C14H21N3/c1(3-12-7-16-8-12)2-6-17-10-13-4-5-15-9-14(13)11-17/h4-5,9,12,16H,1-3,6-8,10-11H2. The van der Waals surface area contributed by atoms with E-state index in [1.807, 2.05) is 12.4 Å². The van der Waals surface area contributed by atoms with E-state index in [-0.39, 0.29) is 0 Å². The van der Waals surface area contributed by atoms with Crippen molar-refractivity contribution in [3.8, 4) is 0 Å². The summed E-state index contributed by atoms with van der Waals surface area (Å²) in [6, 6.07) is 2.16. The second kappa shape index (κ2) is 5.15. The van der Waals surface area contributed by atoms with Gasteiger partial charge in [-0.15, -0.1) is 0 Å². The third-order valence-corrected chi connectivity index (χ3v) is 4.00. The van der Waals surface area contributed by atoms with Gasteiger partial charge in [0.1, 0.15) is 0 Å². The maximum Gasteiger partial charge on any atom is 0.0316 e. The van der Waals surface area contributed by atoms with Crippen LogP contribution in [0.3, 0.4) is 0 Å². The van der Waals surface area contributed by atoms with Gasteiger partial charge >= 0.3 is 0 Å². The highest BCUT2D eigenvalue weighted by molar-refractivity contribution is 5.26. The Kier molecular flexibility index (Phi) is 3.39. The van der Waals surface area contributed by atoms with Crippen molar-refractivity contribution in [2.45, 2.75) is 32.4 Å². The Morgan fingerprint density at radius 3 is 2.88 bits per heavy atom. The van der Waals surface area contributed by atoms with E-state index in [0.717, 1.165) is 19.0 Å². The molecule has 2 aliphatic rings. The molecule has 0 saturated carbocycles. The summed E-state index contributed by atoms with van der Waals surface area (Å²) in [6.07, 6.45) is 8.08. The first-order valence-electron chi connectivity index (χ1n) is 6.76. The van der Waals surface area contributed by atoms with Crippen molar-refractivity contribution in [3.05, 3.63) is 29.6 Å². The Balaban J connectivity index is 1.37. The second-order valence-electron chi connectivity index (χ2n) is 5.38. The van der Waals surface area contributed by atoms with Crippen LogP contribution in [0.15, 0.2) is 18.5 Å². The number of unbranched alkanes of at least 4 members (excludes halogenated alkanes) is 1. The molecule has 0 atom stereocenters. The van der Waals surface area contributed by atoms with Gasteiger partial charge in [0.2, 0.25) is 0 Å². The number of fused-ring (bicyclic) bond motifs is 1. The Morgan fingerprint density at radius 1 is 1.24 bits per heavy atom. The summed E-state index contributed by atoms with van der Waals surface area (Å²) in [4.78, 5) is 6.74. The van der Waals surface area contributed by atoms with Crippen LogP contribution in [0.5, 0.6) is 0 Å². The van der Waals surface area contributed by atoms with Crippen molar-refractivity contribution in [1.82, 2.24) is 15.2 Å². The van der Waals surface area contributed by atoms with Crippen LogP contribution in [-0.2, 0) is 13.1 Å². The molecule has 92 valence electrons. The summed E-state index contributed by atoms with van der Waals surface area (Å²) in [5.41, 5.74) is 2.90. The van der Waals surface area contributed by atoms with Gasteiger partial charge in [-0.2, -0.15) is 0 Å². The average molecular weight is 231 g/mol. The number of nitrogens with zero attached hydrogens (tertiary/aromatic N) is 2. The molecule has 17 heavy (non-hydrogen) atoms. The van der Waals surface area contributed by atoms with E-state index >= 15 is 0 Å². The van der Waals surface area contributed by atoms with Crippen LogP contribution in [0, 0.1) is 5.92 Å². The molecule has 0 aliphatic carbocycles. The number of rotatable bonds is 5. The fraction of sp³-hybridized carbons (Fsp3) is 0.643. The smallest absolute Gasteiger partial charge is 0.0316 e. The summed E-state index contributed by atoms with van der Waals surface area (Å²) in [5, 5.41) is 3.34. The van der Waals surface area contributed by atoms with Gasteiger partial charge in [0.05, 0.1) is 0 Å². The Bertz CT molecular complexity index is 348. The third-order valence-electron chi connectivity index (χ3n) is 4.00. The molecular weight excluding hydrogens is 210 g/mol. The monoisotopic (exact) mass is 231 g/mol. The first kappa shape index (κ1) is 11.2. The van der Waals surface area contributed by atoms with Crippen molar-refractivity contribution >= 4 is 0 Å². The maximum atomic E-state index is 4.20. The summed E-state index contributed by atoms with van der Waals surface area (Å²) < 4.78 is 0. The van der Waals surface area contributed by atoms with E-state index in [9.17, 15) is 0 Å². The molecule has 1 aromatic rings. The van der Waals surface area contributed by atoms with Crippen LogP contribution in [0.1, 0.15) is 30.4 Å². The SMILES string of the molecule is c1cc2c(cn1)CN(CCCCC1CNC1)C2. The lowest BCUT2D eigenvalue weighted by Crippen LogP contribution is -2.41. The van der Waals surface area contributed by atoms with Crippen molar-refractivity contribution in [2.75, 3.05) is 19.6 Å². The van der Waals surface area contributed by atoms with Crippen molar-refractivity contribution in [3.63, 3.8) is 0 Å². The zero-order valence-electron chi connectivity index (χ0n) is 10.4. The zero-order chi connectivity index (χ0) is 11.5. The molecule has 0 radical (unpaired) electrons. The van der Waals surface area contributed by atoms with Crippen molar-refractivity contribution < 1.29 is 0 Å². The van der Waals surface area contributed by atoms with Crippen LogP contribution >= 0.6 is 0 Å². The van der Waals surface area contributed by atoms with E-state index in [4.69, 9.17) is 0 Å². The van der Waals surface area contributed by atoms with Gasteiger partial charge in [-0.1, -0.05) is 6.42 Å². The highest BCUT2D eigenvalue weighted by Crippen LogP contribution is 2.22. The molecule has 0 spiro atoms. The molecule has 3 nitrogen and oxygen atoms in total. The number of pyridine rings is 1. The number of hydrogen-bond acceptors (Lipinski definition) is 3. The number of nitrogens with one attached hydrogen (secondary N) is 1. The second-order valence-corrected chi connectivity index (χ2v) is 5.38. The summed E-state index contributed by atoms with van der Waals surface area (Å²) in [7, 11) is 0. The first-order chi connectivity index (χ1) is 8.42. The predicted molar refractivity (Wildman–Crippen MR) is 68.6 cm³/mol. The molecule has 1 N–H and O–H groups in total. The van der Waals surface area contributed by atoms with Gasteiger partial charge in [-0.25, -0.2) is 0 Å². The highest BCUT2D eigenvalue weighted by Gasteiger charge is 2.19. The third kappa shape index (κ3) is 2.67. The van der Waals surface area contributed by atoms with Gasteiger partial charge in [0, 0.05) is 25.5 Å². The molecule has 1 aromatic heterocycles. The van der Waals surface area contributed by atoms with E-state index in [0.29, 0.717) is 0 Å². The molecule has 0 aromatic carbocycles. The lowest BCUT2D eigenvalue weighted by atomic mass is 9.96. The molecule has 1 fully saturated rings. The zero-order valence-corrected chi connectivity index (χ0v) is 10.4. The predicted octanol–water partition coefficient (Wildman–Crippen LogP) is 1.79. The molecule has 0 bridgehead atoms. The first-order valence-corrected chi connectivity index (χ1v) is 6.76. The Morgan fingerprint density at radius 2 is 2.12 bits per heavy atom. The summed E-state index contributed by atoms with van der Waals surface area (Å²) >= 11 is 0. The highest BCUT2D eigenvalue weighted by atomic mass is 15.1. The van der Waals surface area contributed by atoms with E-state index in [1.54, 1.807) is 0 Å². The normalized spacial score (nSPS) is 20.2. The minimum absolute atomic E-state index is 0.968. The van der Waals surface area contributed by atoms with Crippen LogP contribution in [-0.4, -0.2) is 29.5 Å². The molecule has 3 rings (SSSR count). The minimum atomic E-state index is 0.968. The van der Waals surface area contributed by atoms with Crippen LogP contribution in [0.2, 0.25) is 0 Å². The van der Waals surface area contributed by atoms with Gasteiger partial charge in [0.25, 0.3) is 0 Å². The molecule has 2 aliphatic heterocycles. The quantitative estimate of drug-likeness (QED) is 0.783. The van der Waals surface area contributed by atoms with Gasteiger partial charge < -0.3 is 5.32 Å². The molecule has 0 amide bonds.